The summed E-state index contributed by atoms with van der Waals surface area (Å²) in [5.74, 6) is 0. The van der Waals surface area contributed by atoms with E-state index in [1.807, 2.05) is 14.0 Å². The molecule has 1 aromatic heterocycles. The van der Waals surface area contributed by atoms with Gasteiger partial charge >= 0.3 is 0 Å². The number of thiazole rings is 1. The maximum atomic E-state index is 5.95. The van der Waals surface area contributed by atoms with Crippen molar-refractivity contribution in [3.63, 3.8) is 0 Å². The molecule has 4 heteroatoms. The average molecular weight is 284 g/mol. The van der Waals surface area contributed by atoms with Crippen LogP contribution in [0.5, 0.6) is 0 Å². The predicted octanol–water partition coefficient (Wildman–Crippen LogP) is 3.82. The van der Waals surface area contributed by atoms with Crippen molar-refractivity contribution in [2.75, 3.05) is 13.7 Å². The third-order valence-electron chi connectivity index (χ3n) is 3.34. The summed E-state index contributed by atoms with van der Waals surface area (Å²) in [6, 6.07) is 0. The van der Waals surface area contributed by atoms with Gasteiger partial charge in [0, 0.05) is 23.4 Å². The van der Waals surface area contributed by atoms with Crippen molar-refractivity contribution >= 4 is 11.3 Å². The van der Waals surface area contributed by atoms with Gasteiger partial charge in [0.1, 0.15) is 10.6 Å². The fraction of sp³-hybridized carbons (Fsp3) is 0.800. The van der Waals surface area contributed by atoms with Crippen molar-refractivity contribution in [3.8, 4) is 0 Å². The van der Waals surface area contributed by atoms with Crippen LogP contribution in [-0.2, 0) is 22.3 Å². The summed E-state index contributed by atoms with van der Waals surface area (Å²) in [5, 5.41) is 4.34. The SMILES string of the molecule is CCOC(C)(CC)c1nc(C(C)(C)C)c(CNC)s1. The largest absolute Gasteiger partial charge is 0.368 e. The van der Waals surface area contributed by atoms with Crippen molar-refractivity contribution in [1.82, 2.24) is 10.3 Å². The molecule has 0 saturated heterocycles. The molecule has 0 radical (unpaired) electrons. The Morgan fingerprint density at radius 3 is 2.26 bits per heavy atom. The van der Waals surface area contributed by atoms with Crippen molar-refractivity contribution in [1.29, 1.82) is 0 Å². The smallest absolute Gasteiger partial charge is 0.125 e. The molecule has 0 aromatic carbocycles. The lowest BCUT2D eigenvalue weighted by molar-refractivity contribution is -0.0326. The lowest BCUT2D eigenvalue weighted by Gasteiger charge is -2.25. The number of hydrogen-bond donors (Lipinski definition) is 1. The van der Waals surface area contributed by atoms with Crippen molar-refractivity contribution in [3.05, 3.63) is 15.6 Å². The number of nitrogens with zero attached hydrogens (tertiary/aromatic N) is 1. The van der Waals surface area contributed by atoms with Crippen molar-refractivity contribution in [2.24, 2.45) is 0 Å². The Balaban J connectivity index is 3.23. The first-order valence-corrected chi connectivity index (χ1v) is 7.89. The second-order valence-corrected chi connectivity index (χ2v) is 7.17. The Bertz CT molecular complexity index is 409. The van der Waals surface area contributed by atoms with Crippen LogP contribution in [0.15, 0.2) is 0 Å². The maximum absolute atomic E-state index is 5.95. The molecule has 0 saturated carbocycles. The van der Waals surface area contributed by atoms with Gasteiger partial charge < -0.3 is 10.1 Å². The van der Waals surface area contributed by atoms with Gasteiger partial charge in [-0.25, -0.2) is 4.98 Å². The summed E-state index contributed by atoms with van der Waals surface area (Å²) in [4.78, 5) is 6.24. The van der Waals surface area contributed by atoms with E-state index < -0.39 is 0 Å². The van der Waals surface area contributed by atoms with Crippen molar-refractivity contribution < 1.29 is 4.74 Å². The van der Waals surface area contributed by atoms with Crippen LogP contribution in [-0.4, -0.2) is 18.6 Å². The van der Waals surface area contributed by atoms with Crippen LogP contribution < -0.4 is 5.32 Å². The van der Waals surface area contributed by atoms with Gasteiger partial charge in [0.15, 0.2) is 0 Å². The summed E-state index contributed by atoms with van der Waals surface area (Å²) >= 11 is 1.78. The Kier molecular flexibility index (Phi) is 5.53. The quantitative estimate of drug-likeness (QED) is 0.862. The summed E-state index contributed by atoms with van der Waals surface area (Å²) in [6.45, 7) is 14.6. The minimum atomic E-state index is -0.259. The fourth-order valence-electron chi connectivity index (χ4n) is 2.08. The van der Waals surface area contributed by atoms with Gasteiger partial charge in [-0.1, -0.05) is 27.7 Å². The lowest BCUT2D eigenvalue weighted by atomic mass is 9.91. The maximum Gasteiger partial charge on any atom is 0.125 e. The first-order valence-electron chi connectivity index (χ1n) is 7.07. The molecule has 0 aliphatic carbocycles. The van der Waals surface area contributed by atoms with E-state index in [1.165, 1.54) is 10.6 Å². The molecule has 0 aliphatic rings. The van der Waals surface area contributed by atoms with Crippen LogP contribution in [0.2, 0.25) is 0 Å². The predicted molar refractivity (Wildman–Crippen MR) is 82.8 cm³/mol. The highest BCUT2D eigenvalue weighted by Crippen LogP contribution is 2.37. The van der Waals surface area contributed by atoms with Gasteiger partial charge in [-0.3, -0.25) is 0 Å². The number of nitrogens with one attached hydrogen (secondary N) is 1. The Hall–Kier alpha value is -0.450. The number of ether oxygens (including phenoxy) is 1. The van der Waals surface area contributed by atoms with Gasteiger partial charge in [0.05, 0.1) is 5.69 Å². The van der Waals surface area contributed by atoms with E-state index >= 15 is 0 Å². The highest BCUT2D eigenvalue weighted by atomic mass is 32.1. The molecular weight excluding hydrogens is 256 g/mol. The van der Waals surface area contributed by atoms with Crippen LogP contribution in [0, 0.1) is 0 Å². The standard InChI is InChI=1S/C15H28N2OS/c1-8-15(6,18-9-2)13-17-12(14(3,4)5)11(19-13)10-16-7/h16H,8-10H2,1-7H3. The zero-order valence-corrected chi connectivity index (χ0v) is 14.2. The Labute approximate surface area is 121 Å². The second-order valence-electron chi connectivity index (χ2n) is 6.09. The first kappa shape index (κ1) is 16.6. The highest BCUT2D eigenvalue weighted by molar-refractivity contribution is 7.11. The van der Waals surface area contributed by atoms with Crippen LogP contribution in [0.4, 0.5) is 0 Å². The van der Waals surface area contributed by atoms with Crippen molar-refractivity contribution in [2.45, 2.75) is 65.5 Å². The minimum Gasteiger partial charge on any atom is -0.368 e. The fourth-order valence-corrected chi connectivity index (χ4v) is 3.53. The van der Waals surface area contributed by atoms with Crippen LogP contribution in [0.25, 0.3) is 0 Å². The monoisotopic (exact) mass is 284 g/mol. The molecule has 110 valence electrons. The van der Waals surface area contributed by atoms with E-state index in [9.17, 15) is 0 Å². The van der Waals surface area contributed by atoms with E-state index in [0.29, 0.717) is 0 Å². The average Bonchev–Trinajstić information content (AvgIpc) is 2.74. The number of rotatable bonds is 6. The topological polar surface area (TPSA) is 34.1 Å². The zero-order chi connectivity index (χ0) is 14.7. The summed E-state index contributed by atoms with van der Waals surface area (Å²) < 4.78 is 5.95. The van der Waals surface area contributed by atoms with Crippen LogP contribution >= 0.6 is 11.3 Å². The molecule has 3 nitrogen and oxygen atoms in total. The number of aromatic nitrogens is 1. The van der Waals surface area contributed by atoms with Crippen LogP contribution in [0.3, 0.4) is 0 Å². The molecule has 0 bridgehead atoms. The highest BCUT2D eigenvalue weighted by Gasteiger charge is 2.32. The molecule has 1 rings (SSSR count). The minimum absolute atomic E-state index is 0.0712. The third-order valence-corrected chi connectivity index (χ3v) is 4.64. The van der Waals surface area contributed by atoms with Gasteiger partial charge in [-0.2, -0.15) is 0 Å². The van der Waals surface area contributed by atoms with Gasteiger partial charge in [-0.15, -0.1) is 11.3 Å². The Morgan fingerprint density at radius 1 is 1.21 bits per heavy atom. The van der Waals surface area contributed by atoms with E-state index in [0.717, 1.165) is 24.6 Å². The van der Waals surface area contributed by atoms with Gasteiger partial charge in [-0.05, 0) is 27.3 Å². The van der Waals surface area contributed by atoms with E-state index in [2.05, 4.69) is 39.9 Å². The normalized spacial score (nSPS) is 15.5. The molecule has 0 spiro atoms. The van der Waals surface area contributed by atoms with E-state index in [-0.39, 0.29) is 11.0 Å². The summed E-state index contributed by atoms with van der Waals surface area (Å²) in [5.41, 5.74) is 1.01. The molecule has 0 aliphatic heterocycles. The molecule has 1 aromatic rings. The third kappa shape index (κ3) is 3.77. The summed E-state index contributed by atoms with van der Waals surface area (Å²) in [7, 11) is 1.98. The Morgan fingerprint density at radius 2 is 1.84 bits per heavy atom. The molecule has 1 N–H and O–H groups in total. The zero-order valence-electron chi connectivity index (χ0n) is 13.4. The van der Waals surface area contributed by atoms with E-state index in [4.69, 9.17) is 9.72 Å². The first-order chi connectivity index (χ1) is 8.78. The van der Waals surface area contributed by atoms with Gasteiger partial charge in [0.25, 0.3) is 0 Å². The molecule has 0 amide bonds. The molecule has 1 atom stereocenters. The number of hydrogen-bond acceptors (Lipinski definition) is 4. The van der Waals surface area contributed by atoms with E-state index in [1.54, 1.807) is 11.3 Å². The summed E-state index contributed by atoms with van der Waals surface area (Å²) in [6.07, 6.45) is 0.941. The second kappa shape index (κ2) is 6.33. The molecule has 19 heavy (non-hydrogen) atoms. The molecule has 0 fully saturated rings. The lowest BCUT2D eigenvalue weighted by Crippen LogP contribution is -2.25. The molecule has 1 unspecified atom stereocenters. The molecular formula is C15H28N2OS. The van der Waals surface area contributed by atoms with Gasteiger partial charge in [0.2, 0.25) is 0 Å². The molecule has 1 heterocycles. The van der Waals surface area contributed by atoms with Crippen LogP contribution in [0.1, 0.15) is 63.5 Å².